The van der Waals surface area contributed by atoms with E-state index in [1.54, 1.807) is 13.8 Å². The summed E-state index contributed by atoms with van der Waals surface area (Å²) in [6.07, 6.45) is 0. The molecular formula is C8H13NO3S. The minimum atomic E-state index is -3.57. The Morgan fingerprint density at radius 3 is 2.15 bits per heavy atom. The number of hydrogen-bond acceptors (Lipinski definition) is 4. The number of nitriles is 1. The van der Waals surface area contributed by atoms with Crippen molar-refractivity contribution in [1.29, 1.82) is 5.26 Å². The van der Waals surface area contributed by atoms with Crippen LogP contribution in [0.3, 0.4) is 0 Å². The van der Waals surface area contributed by atoms with Crippen molar-refractivity contribution in [2.24, 2.45) is 5.92 Å². The number of rotatable bonds is 4. The number of ketones is 1. The van der Waals surface area contributed by atoms with Crippen LogP contribution in [0.1, 0.15) is 20.8 Å². The highest BCUT2D eigenvalue weighted by Crippen LogP contribution is 2.08. The number of nitrogens with zero attached hydrogens (tertiary/aromatic N) is 1. The molecule has 0 radical (unpaired) electrons. The molecule has 0 saturated carbocycles. The van der Waals surface area contributed by atoms with Gasteiger partial charge in [-0.1, -0.05) is 20.8 Å². The van der Waals surface area contributed by atoms with Crippen molar-refractivity contribution in [2.45, 2.75) is 26.0 Å². The van der Waals surface area contributed by atoms with Gasteiger partial charge in [-0.15, -0.1) is 0 Å². The number of hydrogen-bond donors (Lipinski definition) is 0. The van der Waals surface area contributed by atoms with Crippen LogP contribution in [0.4, 0.5) is 0 Å². The van der Waals surface area contributed by atoms with E-state index in [1.807, 2.05) is 0 Å². The summed E-state index contributed by atoms with van der Waals surface area (Å²) in [5.41, 5.74) is 0. The van der Waals surface area contributed by atoms with Crippen LogP contribution in [0.15, 0.2) is 0 Å². The molecule has 0 N–H and O–H groups in total. The molecule has 1 atom stereocenters. The molecule has 1 unspecified atom stereocenters. The van der Waals surface area contributed by atoms with Crippen molar-refractivity contribution in [3.63, 3.8) is 0 Å². The molecule has 0 aliphatic carbocycles. The Labute approximate surface area is 78.5 Å². The van der Waals surface area contributed by atoms with E-state index in [-0.39, 0.29) is 5.75 Å². The standard InChI is InChI=1S/C8H13NO3S/c1-4-13(11,12)7(5-9)8(10)6(2)3/h6-7H,4H2,1-3H3. The molecule has 5 heteroatoms. The molecule has 13 heavy (non-hydrogen) atoms. The van der Waals surface area contributed by atoms with Gasteiger partial charge in [-0.25, -0.2) is 8.42 Å². The highest BCUT2D eigenvalue weighted by molar-refractivity contribution is 7.93. The van der Waals surface area contributed by atoms with Crippen LogP contribution in [0.2, 0.25) is 0 Å². The molecule has 74 valence electrons. The lowest BCUT2D eigenvalue weighted by molar-refractivity contribution is -0.120. The van der Waals surface area contributed by atoms with Crippen LogP contribution in [-0.4, -0.2) is 25.2 Å². The molecule has 0 aliphatic heterocycles. The molecule has 0 aromatic heterocycles. The summed E-state index contributed by atoms with van der Waals surface area (Å²) in [4.78, 5) is 11.3. The summed E-state index contributed by atoms with van der Waals surface area (Å²) < 4.78 is 22.5. The summed E-state index contributed by atoms with van der Waals surface area (Å²) in [6, 6.07) is 1.54. The summed E-state index contributed by atoms with van der Waals surface area (Å²) in [5, 5.41) is 7.07. The molecule has 0 aromatic rings. The number of carbonyl (C=O) groups is 1. The molecule has 0 saturated heterocycles. The van der Waals surface area contributed by atoms with Crippen LogP contribution >= 0.6 is 0 Å². The van der Waals surface area contributed by atoms with Gasteiger partial charge in [0.1, 0.15) is 0 Å². The van der Waals surface area contributed by atoms with E-state index in [9.17, 15) is 13.2 Å². The van der Waals surface area contributed by atoms with Crippen molar-refractivity contribution < 1.29 is 13.2 Å². The van der Waals surface area contributed by atoms with Crippen molar-refractivity contribution in [3.8, 4) is 6.07 Å². The fraction of sp³-hybridized carbons (Fsp3) is 0.750. The Hall–Kier alpha value is -0.890. The van der Waals surface area contributed by atoms with E-state index in [1.165, 1.54) is 13.0 Å². The van der Waals surface area contributed by atoms with Crippen LogP contribution < -0.4 is 0 Å². The van der Waals surface area contributed by atoms with Crippen LogP contribution in [0.5, 0.6) is 0 Å². The van der Waals surface area contributed by atoms with Gasteiger partial charge in [0.05, 0.1) is 6.07 Å². The first-order valence-corrected chi connectivity index (χ1v) is 5.73. The average molecular weight is 203 g/mol. The van der Waals surface area contributed by atoms with Gasteiger partial charge in [-0.2, -0.15) is 5.26 Å². The highest BCUT2D eigenvalue weighted by Gasteiger charge is 2.32. The molecule has 0 bridgehead atoms. The van der Waals surface area contributed by atoms with E-state index < -0.39 is 26.8 Å². The smallest absolute Gasteiger partial charge is 0.206 e. The van der Waals surface area contributed by atoms with Gasteiger partial charge >= 0.3 is 0 Å². The maximum absolute atomic E-state index is 11.3. The minimum Gasteiger partial charge on any atom is -0.297 e. The Balaban J connectivity index is 4.97. The lowest BCUT2D eigenvalue weighted by Crippen LogP contribution is -2.33. The summed E-state index contributed by atoms with van der Waals surface area (Å²) in [6.45, 7) is 4.59. The average Bonchev–Trinajstić information content (AvgIpc) is 2.05. The summed E-state index contributed by atoms with van der Waals surface area (Å²) in [5.74, 6) is -1.13. The first-order valence-electron chi connectivity index (χ1n) is 4.01. The maximum atomic E-state index is 11.3. The van der Waals surface area contributed by atoms with Crippen molar-refractivity contribution in [1.82, 2.24) is 0 Å². The van der Waals surface area contributed by atoms with Gasteiger partial charge in [-0.05, 0) is 0 Å². The number of sulfone groups is 1. The van der Waals surface area contributed by atoms with E-state index in [0.717, 1.165) is 0 Å². The Bertz CT molecular complexity index is 324. The lowest BCUT2D eigenvalue weighted by Gasteiger charge is -2.09. The largest absolute Gasteiger partial charge is 0.297 e. The van der Waals surface area contributed by atoms with Crippen LogP contribution in [-0.2, 0) is 14.6 Å². The zero-order valence-corrected chi connectivity index (χ0v) is 8.76. The summed E-state index contributed by atoms with van der Waals surface area (Å²) in [7, 11) is -3.57. The normalized spacial score (nSPS) is 13.8. The minimum absolute atomic E-state index is 0.177. The quantitative estimate of drug-likeness (QED) is 0.668. The molecule has 0 heterocycles. The molecule has 0 fully saturated rings. The van der Waals surface area contributed by atoms with Gasteiger partial charge in [0.25, 0.3) is 0 Å². The molecule has 0 spiro atoms. The topological polar surface area (TPSA) is 75.0 Å². The molecular weight excluding hydrogens is 190 g/mol. The second-order valence-electron chi connectivity index (χ2n) is 3.02. The van der Waals surface area contributed by atoms with Gasteiger partial charge in [0.15, 0.2) is 15.6 Å². The van der Waals surface area contributed by atoms with E-state index >= 15 is 0 Å². The van der Waals surface area contributed by atoms with Crippen molar-refractivity contribution in [2.75, 3.05) is 5.75 Å². The zero-order chi connectivity index (χ0) is 10.6. The van der Waals surface area contributed by atoms with E-state index in [0.29, 0.717) is 0 Å². The predicted molar refractivity (Wildman–Crippen MR) is 48.7 cm³/mol. The lowest BCUT2D eigenvalue weighted by atomic mass is 10.1. The fourth-order valence-electron chi connectivity index (χ4n) is 0.790. The second-order valence-corrected chi connectivity index (χ2v) is 5.39. The highest BCUT2D eigenvalue weighted by atomic mass is 32.2. The van der Waals surface area contributed by atoms with Gasteiger partial charge < -0.3 is 0 Å². The summed E-state index contributed by atoms with van der Waals surface area (Å²) >= 11 is 0. The molecule has 0 aromatic carbocycles. The van der Waals surface area contributed by atoms with Gasteiger partial charge in [-0.3, -0.25) is 4.79 Å². The Kier molecular flexibility index (Phi) is 4.08. The fourth-order valence-corrected chi connectivity index (χ4v) is 1.91. The van der Waals surface area contributed by atoms with Crippen molar-refractivity contribution >= 4 is 15.6 Å². The van der Waals surface area contributed by atoms with E-state index in [2.05, 4.69) is 0 Å². The third-order valence-corrected chi connectivity index (χ3v) is 3.57. The van der Waals surface area contributed by atoms with Gasteiger partial charge in [0, 0.05) is 11.7 Å². The molecule has 0 amide bonds. The van der Waals surface area contributed by atoms with Gasteiger partial charge in [0.2, 0.25) is 5.25 Å². The molecule has 4 nitrogen and oxygen atoms in total. The van der Waals surface area contributed by atoms with Crippen LogP contribution in [0, 0.1) is 17.2 Å². The Morgan fingerprint density at radius 1 is 1.46 bits per heavy atom. The predicted octanol–water partition coefficient (Wildman–Crippen LogP) is 0.538. The third-order valence-electron chi connectivity index (χ3n) is 1.71. The van der Waals surface area contributed by atoms with Crippen LogP contribution in [0.25, 0.3) is 0 Å². The number of Topliss-reactive ketones (excluding diaryl/α,β-unsaturated/α-hetero) is 1. The monoisotopic (exact) mass is 203 g/mol. The number of carbonyl (C=O) groups excluding carboxylic acids is 1. The zero-order valence-electron chi connectivity index (χ0n) is 7.94. The first kappa shape index (κ1) is 12.1. The third kappa shape index (κ3) is 2.81. The Morgan fingerprint density at radius 2 is 1.92 bits per heavy atom. The molecule has 0 aliphatic rings. The SMILES string of the molecule is CCS(=O)(=O)C(C#N)C(=O)C(C)C. The molecule has 0 rings (SSSR count). The second kappa shape index (κ2) is 4.38. The first-order chi connectivity index (χ1) is 5.86. The van der Waals surface area contributed by atoms with Crippen molar-refractivity contribution in [3.05, 3.63) is 0 Å². The maximum Gasteiger partial charge on any atom is 0.206 e. The van der Waals surface area contributed by atoms with E-state index in [4.69, 9.17) is 5.26 Å².